The van der Waals surface area contributed by atoms with Crippen molar-refractivity contribution in [2.45, 2.75) is 6.54 Å². The Morgan fingerprint density at radius 2 is 2.29 bits per heavy atom. The van der Waals surface area contributed by atoms with Crippen molar-refractivity contribution in [3.63, 3.8) is 0 Å². The van der Waals surface area contributed by atoms with Gasteiger partial charge in [-0.05, 0) is 18.2 Å². The Morgan fingerprint density at radius 1 is 1.43 bits per heavy atom. The SMILES string of the molecule is O=C(NCc1[nH]nc2ncccc12)c1c[nH]c(=O)c(Cl)c1. The van der Waals surface area contributed by atoms with Crippen LogP contribution < -0.4 is 10.9 Å². The molecule has 3 N–H and O–H groups in total. The Hall–Kier alpha value is -2.67. The highest BCUT2D eigenvalue weighted by molar-refractivity contribution is 6.30. The van der Waals surface area contributed by atoms with E-state index in [1.54, 1.807) is 12.3 Å². The van der Waals surface area contributed by atoms with Crippen molar-refractivity contribution in [1.29, 1.82) is 0 Å². The number of pyridine rings is 2. The van der Waals surface area contributed by atoms with Crippen LogP contribution in [0.5, 0.6) is 0 Å². The zero-order chi connectivity index (χ0) is 14.8. The summed E-state index contributed by atoms with van der Waals surface area (Å²) in [5.74, 6) is -0.347. The predicted octanol–water partition coefficient (Wildman–Crippen LogP) is 1.23. The molecular formula is C13H10ClN5O2. The van der Waals surface area contributed by atoms with E-state index in [4.69, 9.17) is 11.6 Å². The van der Waals surface area contributed by atoms with Crippen molar-refractivity contribution in [2.24, 2.45) is 0 Å². The van der Waals surface area contributed by atoms with Gasteiger partial charge in [-0.1, -0.05) is 11.6 Å². The lowest BCUT2D eigenvalue weighted by molar-refractivity contribution is 0.0950. The average Bonchev–Trinajstić information content (AvgIpc) is 2.91. The van der Waals surface area contributed by atoms with Crippen molar-refractivity contribution in [3.05, 3.63) is 57.2 Å². The van der Waals surface area contributed by atoms with E-state index in [0.717, 1.165) is 11.1 Å². The monoisotopic (exact) mass is 303 g/mol. The van der Waals surface area contributed by atoms with E-state index < -0.39 is 5.56 Å². The van der Waals surface area contributed by atoms with E-state index >= 15 is 0 Å². The number of carbonyl (C=O) groups excluding carboxylic acids is 1. The van der Waals surface area contributed by atoms with Crippen LogP contribution in [0.4, 0.5) is 0 Å². The maximum Gasteiger partial charge on any atom is 0.266 e. The fourth-order valence-electron chi connectivity index (χ4n) is 1.89. The number of nitrogens with zero attached hydrogens (tertiary/aromatic N) is 2. The van der Waals surface area contributed by atoms with Crippen molar-refractivity contribution in [1.82, 2.24) is 25.5 Å². The molecule has 7 nitrogen and oxygen atoms in total. The minimum absolute atomic E-state index is 0.0289. The van der Waals surface area contributed by atoms with Crippen LogP contribution >= 0.6 is 11.6 Å². The highest BCUT2D eigenvalue weighted by atomic mass is 35.5. The number of hydrogen-bond donors (Lipinski definition) is 3. The number of H-pyrrole nitrogens is 2. The normalized spacial score (nSPS) is 10.7. The summed E-state index contributed by atoms with van der Waals surface area (Å²) in [6.07, 6.45) is 2.96. The molecule has 0 atom stereocenters. The number of rotatable bonds is 3. The highest BCUT2D eigenvalue weighted by Crippen LogP contribution is 2.12. The second kappa shape index (κ2) is 5.37. The van der Waals surface area contributed by atoms with Gasteiger partial charge in [0.05, 0.1) is 17.8 Å². The van der Waals surface area contributed by atoms with Crippen LogP contribution in [0.25, 0.3) is 11.0 Å². The van der Waals surface area contributed by atoms with E-state index in [1.807, 2.05) is 6.07 Å². The number of aromatic nitrogens is 4. The number of halogens is 1. The molecule has 106 valence electrons. The topological polar surface area (TPSA) is 104 Å². The van der Waals surface area contributed by atoms with Gasteiger partial charge in [-0.3, -0.25) is 14.7 Å². The second-order valence-corrected chi connectivity index (χ2v) is 4.73. The lowest BCUT2D eigenvalue weighted by Crippen LogP contribution is -2.24. The Bertz CT molecular complexity index is 870. The first-order valence-corrected chi connectivity index (χ1v) is 6.47. The van der Waals surface area contributed by atoms with Crippen LogP contribution in [0.1, 0.15) is 16.1 Å². The molecule has 8 heteroatoms. The van der Waals surface area contributed by atoms with Crippen molar-refractivity contribution in [3.8, 4) is 0 Å². The van der Waals surface area contributed by atoms with Crippen LogP contribution in [0.15, 0.2) is 35.4 Å². The summed E-state index contributed by atoms with van der Waals surface area (Å²) in [6, 6.07) is 4.98. The van der Waals surface area contributed by atoms with Gasteiger partial charge in [0.15, 0.2) is 5.65 Å². The minimum Gasteiger partial charge on any atom is -0.346 e. The van der Waals surface area contributed by atoms with Gasteiger partial charge in [-0.15, -0.1) is 0 Å². The largest absolute Gasteiger partial charge is 0.346 e. The number of hydrogen-bond acceptors (Lipinski definition) is 4. The van der Waals surface area contributed by atoms with Crippen molar-refractivity contribution in [2.75, 3.05) is 0 Å². The third kappa shape index (κ3) is 2.63. The molecule has 0 aromatic carbocycles. The zero-order valence-corrected chi connectivity index (χ0v) is 11.4. The molecule has 3 heterocycles. The lowest BCUT2D eigenvalue weighted by Gasteiger charge is -2.04. The molecule has 3 aromatic heterocycles. The summed E-state index contributed by atoms with van der Waals surface area (Å²) in [4.78, 5) is 29.6. The predicted molar refractivity (Wildman–Crippen MR) is 77.1 cm³/mol. The number of carbonyl (C=O) groups is 1. The minimum atomic E-state index is -0.432. The molecule has 0 aliphatic heterocycles. The van der Waals surface area contributed by atoms with Gasteiger partial charge in [-0.25, -0.2) is 4.98 Å². The van der Waals surface area contributed by atoms with Crippen LogP contribution in [-0.2, 0) is 6.54 Å². The Balaban J connectivity index is 1.76. The molecule has 0 saturated carbocycles. The molecule has 1 amide bonds. The van der Waals surface area contributed by atoms with Gasteiger partial charge in [0.1, 0.15) is 5.02 Å². The Kier molecular flexibility index (Phi) is 3.41. The summed E-state index contributed by atoms with van der Waals surface area (Å²) < 4.78 is 0. The van der Waals surface area contributed by atoms with Crippen molar-refractivity contribution < 1.29 is 4.79 Å². The molecule has 0 fully saturated rings. The molecule has 0 saturated heterocycles. The second-order valence-electron chi connectivity index (χ2n) is 4.32. The summed E-state index contributed by atoms with van der Waals surface area (Å²) in [7, 11) is 0. The molecule has 0 radical (unpaired) electrons. The first-order valence-electron chi connectivity index (χ1n) is 6.09. The molecule has 3 aromatic rings. The maximum atomic E-state index is 12.0. The quantitative estimate of drug-likeness (QED) is 0.677. The third-order valence-electron chi connectivity index (χ3n) is 2.95. The summed E-state index contributed by atoms with van der Waals surface area (Å²) in [5.41, 5.74) is 1.19. The summed E-state index contributed by atoms with van der Waals surface area (Å²) in [6.45, 7) is 0.262. The number of fused-ring (bicyclic) bond motifs is 1. The maximum absolute atomic E-state index is 12.0. The van der Waals surface area contributed by atoms with Gasteiger partial charge in [0.25, 0.3) is 11.5 Å². The summed E-state index contributed by atoms with van der Waals surface area (Å²) >= 11 is 5.69. The fourth-order valence-corrected chi connectivity index (χ4v) is 2.07. The van der Waals surface area contributed by atoms with E-state index in [2.05, 4.69) is 25.5 Å². The van der Waals surface area contributed by atoms with Gasteiger partial charge in [-0.2, -0.15) is 5.10 Å². The Morgan fingerprint density at radius 3 is 3.10 bits per heavy atom. The van der Waals surface area contributed by atoms with E-state index in [1.165, 1.54) is 12.3 Å². The molecular weight excluding hydrogens is 294 g/mol. The van der Waals surface area contributed by atoms with E-state index in [9.17, 15) is 9.59 Å². The van der Waals surface area contributed by atoms with E-state index in [0.29, 0.717) is 5.65 Å². The lowest BCUT2D eigenvalue weighted by atomic mass is 10.2. The molecule has 0 aliphatic rings. The summed E-state index contributed by atoms with van der Waals surface area (Å²) in [5, 5.41) is 10.4. The van der Waals surface area contributed by atoms with Gasteiger partial charge in [0.2, 0.25) is 0 Å². The van der Waals surface area contributed by atoms with Crippen LogP contribution in [0.3, 0.4) is 0 Å². The van der Waals surface area contributed by atoms with Crippen LogP contribution in [0.2, 0.25) is 5.02 Å². The average molecular weight is 304 g/mol. The fraction of sp³-hybridized carbons (Fsp3) is 0.0769. The zero-order valence-electron chi connectivity index (χ0n) is 10.7. The molecule has 0 unspecified atom stereocenters. The molecule has 0 spiro atoms. The molecule has 21 heavy (non-hydrogen) atoms. The van der Waals surface area contributed by atoms with Crippen LogP contribution in [0, 0.1) is 0 Å². The highest BCUT2D eigenvalue weighted by Gasteiger charge is 2.10. The van der Waals surface area contributed by atoms with Gasteiger partial charge >= 0.3 is 0 Å². The molecule has 3 rings (SSSR count). The van der Waals surface area contributed by atoms with Crippen molar-refractivity contribution >= 4 is 28.5 Å². The third-order valence-corrected chi connectivity index (χ3v) is 3.24. The molecule has 0 bridgehead atoms. The first kappa shape index (κ1) is 13.3. The number of aromatic amines is 2. The Labute approximate surface area is 123 Å². The number of amides is 1. The van der Waals surface area contributed by atoms with Crippen LogP contribution in [-0.4, -0.2) is 26.1 Å². The number of nitrogens with one attached hydrogen (secondary N) is 3. The van der Waals surface area contributed by atoms with E-state index in [-0.39, 0.29) is 23.0 Å². The standard InChI is InChI=1S/C13H10ClN5O2/c14-9-4-7(5-16-13(9)21)12(20)17-6-10-8-2-1-3-15-11(8)19-18-10/h1-5H,6H2,(H,16,21)(H,17,20)(H,15,18,19). The van der Waals surface area contributed by atoms with Gasteiger partial charge < -0.3 is 10.3 Å². The van der Waals surface area contributed by atoms with Gasteiger partial charge in [0, 0.05) is 17.8 Å². The first-order chi connectivity index (χ1) is 10.1. The smallest absolute Gasteiger partial charge is 0.266 e. The molecule has 0 aliphatic carbocycles.